The van der Waals surface area contributed by atoms with Crippen molar-refractivity contribution in [3.8, 4) is 0 Å². The van der Waals surface area contributed by atoms with Crippen molar-refractivity contribution in [2.75, 3.05) is 26.2 Å². The lowest BCUT2D eigenvalue weighted by Crippen LogP contribution is -2.41. The molecule has 0 aromatic rings. The first-order valence-electron chi connectivity index (χ1n) is 6.94. The second-order valence-corrected chi connectivity index (χ2v) is 5.45. The molecule has 0 aliphatic carbocycles. The van der Waals surface area contributed by atoms with E-state index in [0.717, 1.165) is 32.4 Å². The Morgan fingerprint density at radius 1 is 1.22 bits per heavy atom. The van der Waals surface area contributed by atoms with Crippen molar-refractivity contribution in [2.24, 2.45) is 17.6 Å². The van der Waals surface area contributed by atoms with Gasteiger partial charge < -0.3 is 16.0 Å². The number of piperidine rings is 1. The molecule has 0 radical (unpaired) electrons. The van der Waals surface area contributed by atoms with Crippen molar-refractivity contribution in [1.29, 1.82) is 0 Å². The number of primary amides is 1. The van der Waals surface area contributed by atoms with Crippen molar-refractivity contribution >= 4 is 11.8 Å². The van der Waals surface area contributed by atoms with E-state index in [1.54, 1.807) is 0 Å². The molecule has 2 aliphatic rings. The summed E-state index contributed by atoms with van der Waals surface area (Å²) in [5, 5.41) is 3.32. The van der Waals surface area contributed by atoms with Crippen LogP contribution in [-0.4, -0.2) is 42.9 Å². The smallest absolute Gasteiger partial charge is 0.222 e. The van der Waals surface area contributed by atoms with Gasteiger partial charge in [-0.15, -0.1) is 0 Å². The molecular weight excluding hydrogens is 230 g/mol. The molecular formula is C13H23N3O2. The Bertz CT molecular complexity index is 305. The molecule has 0 saturated carbocycles. The average Bonchev–Trinajstić information content (AvgIpc) is 2.89. The molecule has 0 aromatic heterocycles. The monoisotopic (exact) mass is 253 g/mol. The third kappa shape index (κ3) is 3.45. The SMILES string of the molecule is NC(=O)C1CCN(C(=O)CCC2CCNC2)CC1. The summed E-state index contributed by atoms with van der Waals surface area (Å²) < 4.78 is 0. The van der Waals surface area contributed by atoms with E-state index in [4.69, 9.17) is 5.73 Å². The molecule has 3 N–H and O–H groups in total. The first-order chi connectivity index (χ1) is 8.66. The van der Waals surface area contributed by atoms with Gasteiger partial charge in [-0.3, -0.25) is 9.59 Å². The van der Waals surface area contributed by atoms with Crippen LogP contribution in [0.3, 0.4) is 0 Å². The van der Waals surface area contributed by atoms with Gasteiger partial charge in [-0.2, -0.15) is 0 Å². The van der Waals surface area contributed by atoms with Crippen molar-refractivity contribution in [3.63, 3.8) is 0 Å². The number of hydrogen-bond acceptors (Lipinski definition) is 3. The molecule has 2 saturated heterocycles. The molecule has 0 bridgehead atoms. The van der Waals surface area contributed by atoms with Gasteiger partial charge >= 0.3 is 0 Å². The number of carbonyl (C=O) groups excluding carboxylic acids is 2. The maximum absolute atomic E-state index is 12.0. The predicted octanol–water partition coefficient (Wildman–Crippen LogP) is 0.1000. The van der Waals surface area contributed by atoms with E-state index in [2.05, 4.69) is 5.32 Å². The quantitative estimate of drug-likeness (QED) is 0.746. The molecule has 0 spiro atoms. The van der Waals surface area contributed by atoms with Crippen LogP contribution in [0.4, 0.5) is 0 Å². The van der Waals surface area contributed by atoms with Crippen LogP contribution in [0.15, 0.2) is 0 Å². The van der Waals surface area contributed by atoms with Crippen LogP contribution >= 0.6 is 0 Å². The van der Waals surface area contributed by atoms with E-state index in [0.29, 0.717) is 25.4 Å². The molecule has 102 valence electrons. The summed E-state index contributed by atoms with van der Waals surface area (Å²) in [5.74, 6) is 0.647. The molecule has 2 fully saturated rings. The Hall–Kier alpha value is -1.10. The molecule has 5 nitrogen and oxygen atoms in total. The van der Waals surface area contributed by atoms with Crippen LogP contribution in [0.5, 0.6) is 0 Å². The summed E-state index contributed by atoms with van der Waals surface area (Å²) >= 11 is 0. The lowest BCUT2D eigenvalue weighted by molar-refractivity contribution is -0.135. The molecule has 2 aliphatic heterocycles. The highest BCUT2D eigenvalue weighted by atomic mass is 16.2. The van der Waals surface area contributed by atoms with Gasteiger partial charge in [0.15, 0.2) is 0 Å². The summed E-state index contributed by atoms with van der Waals surface area (Å²) in [7, 11) is 0. The molecule has 2 rings (SSSR count). The van der Waals surface area contributed by atoms with E-state index in [-0.39, 0.29) is 17.7 Å². The zero-order valence-electron chi connectivity index (χ0n) is 10.9. The predicted molar refractivity (Wildman–Crippen MR) is 68.7 cm³/mol. The number of nitrogens with one attached hydrogen (secondary N) is 1. The molecule has 1 atom stereocenters. The molecule has 2 amide bonds. The first-order valence-corrected chi connectivity index (χ1v) is 6.94. The van der Waals surface area contributed by atoms with Crippen LogP contribution in [0, 0.1) is 11.8 Å². The highest BCUT2D eigenvalue weighted by Gasteiger charge is 2.26. The molecule has 0 aromatic carbocycles. The fraction of sp³-hybridized carbons (Fsp3) is 0.846. The van der Waals surface area contributed by atoms with Gasteiger partial charge in [-0.05, 0) is 44.7 Å². The minimum atomic E-state index is -0.223. The van der Waals surface area contributed by atoms with Gasteiger partial charge in [0.1, 0.15) is 0 Å². The van der Waals surface area contributed by atoms with Gasteiger partial charge in [-0.25, -0.2) is 0 Å². The topological polar surface area (TPSA) is 75.4 Å². The number of rotatable bonds is 4. The average molecular weight is 253 g/mol. The van der Waals surface area contributed by atoms with Gasteiger partial charge in [0.05, 0.1) is 0 Å². The Kier molecular flexibility index (Phi) is 4.58. The highest BCUT2D eigenvalue weighted by Crippen LogP contribution is 2.19. The summed E-state index contributed by atoms with van der Waals surface area (Å²) in [6.07, 6.45) is 4.28. The van der Waals surface area contributed by atoms with Crippen LogP contribution in [0.25, 0.3) is 0 Å². The normalized spacial score (nSPS) is 25.3. The largest absolute Gasteiger partial charge is 0.369 e. The molecule has 18 heavy (non-hydrogen) atoms. The zero-order chi connectivity index (χ0) is 13.0. The van der Waals surface area contributed by atoms with E-state index in [1.165, 1.54) is 6.42 Å². The van der Waals surface area contributed by atoms with E-state index in [1.807, 2.05) is 4.90 Å². The zero-order valence-corrected chi connectivity index (χ0v) is 10.9. The number of amides is 2. The van der Waals surface area contributed by atoms with Gasteiger partial charge in [-0.1, -0.05) is 0 Å². The van der Waals surface area contributed by atoms with E-state index in [9.17, 15) is 9.59 Å². The number of nitrogens with two attached hydrogens (primary N) is 1. The maximum atomic E-state index is 12.0. The lowest BCUT2D eigenvalue weighted by atomic mass is 9.95. The molecule has 2 heterocycles. The number of nitrogens with zero attached hydrogens (tertiary/aromatic N) is 1. The fourth-order valence-electron chi connectivity index (χ4n) is 2.86. The summed E-state index contributed by atoms with van der Waals surface area (Å²) in [5.41, 5.74) is 5.28. The number of carbonyl (C=O) groups is 2. The highest BCUT2D eigenvalue weighted by molar-refractivity contribution is 5.78. The van der Waals surface area contributed by atoms with E-state index >= 15 is 0 Å². The second-order valence-electron chi connectivity index (χ2n) is 5.45. The lowest BCUT2D eigenvalue weighted by Gasteiger charge is -2.30. The summed E-state index contributed by atoms with van der Waals surface area (Å²) in [4.78, 5) is 25.0. The van der Waals surface area contributed by atoms with Gasteiger partial charge in [0.25, 0.3) is 0 Å². The Labute approximate surface area is 108 Å². The van der Waals surface area contributed by atoms with Crippen molar-refractivity contribution in [1.82, 2.24) is 10.2 Å². The number of hydrogen-bond donors (Lipinski definition) is 2. The first kappa shape index (κ1) is 13.3. The minimum Gasteiger partial charge on any atom is -0.369 e. The third-order valence-electron chi connectivity index (χ3n) is 4.18. The Morgan fingerprint density at radius 2 is 1.94 bits per heavy atom. The molecule has 1 unspecified atom stereocenters. The minimum absolute atomic E-state index is 0.0342. The summed E-state index contributed by atoms with van der Waals surface area (Å²) in [6, 6.07) is 0. The second kappa shape index (κ2) is 6.18. The van der Waals surface area contributed by atoms with Crippen molar-refractivity contribution in [2.45, 2.75) is 32.1 Å². The van der Waals surface area contributed by atoms with Crippen molar-refractivity contribution < 1.29 is 9.59 Å². The van der Waals surface area contributed by atoms with Gasteiger partial charge in [0, 0.05) is 25.4 Å². The van der Waals surface area contributed by atoms with Crippen LogP contribution in [0.2, 0.25) is 0 Å². The van der Waals surface area contributed by atoms with Crippen LogP contribution in [-0.2, 0) is 9.59 Å². The number of likely N-dealkylation sites (tertiary alicyclic amines) is 1. The van der Waals surface area contributed by atoms with Crippen LogP contribution in [0.1, 0.15) is 32.1 Å². The Morgan fingerprint density at radius 3 is 2.50 bits per heavy atom. The third-order valence-corrected chi connectivity index (χ3v) is 4.18. The molecule has 5 heteroatoms. The Balaban J connectivity index is 1.68. The van der Waals surface area contributed by atoms with Crippen LogP contribution < -0.4 is 11.1 Å². The fourth-order valence-corrected chi connectivity index (χ4v) is 2.86. The van der Waals surface area contributed by atoms with Gasteiger partial charge in [0.2, 0.25) is 11.8 Å². The summed E-state index contributed by atoms with van der Waals surface area (Å²) in [6.45, 7) is 3.52. The standard InChI is InChI=1S/C13H23N3O2/c14-13(18)11-4-7-16(8-5-11)12(17)2-1-10-3-6-15-9-10/h10-11,15H,1-9H2,(H2,14,18). The maximum Gasteiger partial charge on any atom is 0.222 e. The van der Waals surface area contributed by atoms with Crippen molar-refractivity contribution in [3.05, 3.63) is 0 Å². The van der Waals surface area contributed by atoms with E-state index < -0.39 is 0 Å².